The molecule has 0 amide bonds. The number of aliphatic hydroxyl groups excluding tert-OH is 1. The van der Waals surface area contributed by atoms with Gasteiger partial charge in [-0.15, -0.1) is 5.92 Å². The molecule has 2 aromatic rings. The normalized spacial score (nSPS) is 10.3. The summed E-state index contributed by atoms with van der Waals surface area (Å²) < 4.78 is 12.0. The summed E-state index contributed by atoms with van der Waals surface area (Å²) in [5.41, 5.74) is 3.42. The fraction of sp³-hybridized carbons (Fsp3) is 0.353. The van der Waals surface area contributed by atoms with Gasteiger partial charge < -0.3 is 19.1 Å². The van der Waals surface area contributed by atoms with Crippen molar-refractivity contribution >= 4 is 16.9 Å². The number of hydrogen-bond acceptors (Lipinski definition) is 4. The second-order valence-corrected chi connectivity index (χ2v) is 4.89. The maximum Gasteiger partial charge on any atom is 0.354 e. The van der Waals surface area contributed by atoms with E-state index in [1.54, 1.807) is 31.7 Å². The molecule has 1 aromatic heterocycles. The Hall–Kier alpha value is -2.45. The van der Waals surface area contributed by atoms with E-state index in [-0.39, 0.29) is 6.61 Å². The van der Waals surface area contributed by atoms with Crippen molar-refractivity contribution in [1.82, 2.24) is 4.57 Å². The summed E-state index contributed by atoms with van der Waals surface area (Å²) in [5.74, 6) is 6.01. The molecule has 0 saturated heterocycles. The molecular formula is C17H19NO4. The quantitative estimate of drug-likeness (QED) is 0.697. The lowest BCUT2D eigenvalue weighted by atomic mass is 9.98. The van der Waals surface area contributed by atoms with E-state index in [4.69, 9.17) is 9.47 Å². The highest BCUT2D eigenvalue weighted by atomic mass is 16.5. The Balaban J connectivity index is 3.02. The number of fused-ring (bicyclic) bond motifs is 1. The van der Waals surface area contributed by atoms with E-state index in [1.807, 2.05) is 6.92 Å². The van der Waals surface area contributed by atoms with Crippen molar-refractivity contribution in [2.24, 2.45) is 7.05 Å². The third-order valence-electron chi connectivity index (χ3n) is 3.83. The molecule has 1 N–H and O–H groups in total. The van der Waals surface area contributed by atoms with E-state index >= 15 is 0 Å². The number of carbonyl (C=O) groups is 1. The van der Waals surface area contributed by atoms with E-state index < -0.39 is 5.97 Å². The van der Waals surface area contributed by atoms with Gasteiger partial charge in [0.05, 0.1) is 31.9 Å². The summed E-state index contributed by atoms with van der Waals surface area (Å²) >= 11 is 0. The van der Waals surface area contributed by atoms with E-state index in [9.17, 15) is 9.90 Å². The van der Waals surface area contributed by atoms with Crippen LogP contribution in [-0.2, 0) is 18.4 Å². The van der Waals surface area contributed by atoms with Gasteiger partial charge in [-0.25, -0.2) is 4.79 Å². The highest BCUT2D eigenvalue weighted by molar-refractivity contribution is 6.00. The van der Waals surface area contributed by atoms with Gasteiger partial charge in [0.25, 0.3) is 0 Å². The molecule has 0 unspecified atom stereocenters. The van der Waals surface area contributed by atoms with Gasteiger partial charge in [0.1, 0.15) is 11.4 Å². The number of aryl methyl sites for hydroxylation is 2. The first-order chi connectivity index (χ1) is 10.5. The van der Waals surface area contributed by atoms with Crippen LogP contribution in [0, 0.1) is 18.8 Å². The van der Waals surface area contributed by atoms with Crippen molar-refractivity contribution in [2.75, 3.05) is 14.2 Å². The van der Waals surface area contributed by atoms with Crippen LogP contribution in [-0.4, -0.2) is 29.9 Å². The summed E-state index contributed by atoms with van der Waals surface area (Å²) in [7, 11) is 4.68. The Morgan fingerprint density at radius 3 is 2.59 bits per heavy atom. The molecule has 0 aliphatic heterocycles. The smallest absolute Gasteiger partial charge is 0.354 e. The number of methoxy groups -OCH3 is 2. The lowest BCUT2D eigenvalue weighted by Crippen LogP contribution is -2.08. The van der Waals surface area contributed by atoms with Gasteiger partial charge in [0.15, 0.2) is 0 Å². The molecule has 0 spiro atoms. The summed E-state index contributed by atoms with van der Waals surface area (Å²) in [6, 6.07) is 1.76. The van der Waals surface area contributed by atoms with Crippen LogP contribution in [0.25, 0.3) is 10.9 Å². The molecule has 5 heteroatoms. The molecule has 0 bridgehead atoms. The van der Waals surface area contributed by atoms with E-state index in [2.05, 4.69) is 11.8 Å². The number of hydrogen-bond donors (Lipinski definition) is 1. The standard InChI is InChI=1S/C17H19NO4/c1-6-7-11-15-12(8-14(18(15)3)17(20)22-5)10(2)13(9-19)16(11)21-4/h8,19H,9H2,1-5H3. The van der Waals surface area contributed by atoms with Crippen molar-refractivity contribution in [3.63, 3.8) is 0 Å². The predicted octanol–water partition coefficient (Wildman–Crippen LogP) is 2.15. The highest BCUT2D eigenvalue weighted by Crippen LogP contribution is 2.37. The first-order valence-electron chi connectivity index (χ1n) is 6.82. The number of aromatic nitrogens is 1. The second kappa shape index (κ2) is 6.12. The number of benzene rings is 1. The van der Waals surface area contributed by atoms with Gasteiger partial charge >= 0.3 is 5.97 Å². The molecule has 0 aliphatic carbocycles. The molecule has 5 nitrogen and oxygen atoms in total. The van der Waals surface area contributed by atoms with Crippen LogP contribution in [0.4, 0.5) is 0 Å². The number of aliphatic hydroxyl groups is 1. The maximum atomic E-state index is 11.9. The number of esters is 1. The van der Waals surface area contributed by atoms with Gasteiger partial charge in [0.2, 0.25) is 0 Å². The van der Waals surface area contributed by atoms with Gasteiger partial charge in [-0.1, -0.05) is 5.92 Å². The average molecular weight is 301 g/mol. The Morgan fingerprint density at radius 1 is 1.41 bits per heavy atom. The molecule has 22 heavy (non-hydrogen) atoms. The molecule has 1 aromatic carbocycles. The number of carbonyl (C=O) groups excluding carboxylic acids is 1. The molecule has 0 fully saturated rings. The first kappa shape index (κ1) is 15.9. The zero-order chi connectivity index (χ0) is 16.4. The predicted molar refractivity (Wildman–Crippen MR) is 84.0 cm³/mol. The Bertz CT molecular complexity index is 806. The molecule has 0 atom stereocenters. The lowest BCUT2D eigenvalue weighted by molar-refractivity contribution is 0.0590. The molecule has 1 heterocycles. The number of ether oxygens (including phenoxy) is 2. The van der Waals surface area contributed by atoms with Gasteiger partial charge in [0, 0.05) is 18.0 Å². The molecule has 116 valence electrons. The summed E-state index contributed by atoms with van der Waals surface area (Å²) in [6.07, 6.45) is 0. The van der Waals surface area contributed by atoms with E-state index in [1.165, 1.54) is 7.11 Å². The van der Waals surface area contributed by atoms with Gasteiger partial charge in [-0.2, -0.15) is 0 Å². The molecule has 0 aliphatic rings. The van der Waals surface area contributed by atoms with Gasteiger partial charge in [-0.3, -0.25) is 0 Å². The van der Waals surface area contributed by atoms with E-state index in [0.717, 1.165) is 16.5 Å². The fourth-order valence-corrected chi connectivity index (χ4v) is 2.74. The zero-order valence-corrected chi connectivity index (χ0v) is 13.4. The average Bonchev–Trinajstić information content (AvgIpc) is 2.87. The first-order valence-corrected chi connectivity index (χ1v) is 6.82. The largest absolute Gasteiger partial charge is 0.495 e. The SMILES string of the molecule is CC#Cc1c(OC)c(CO)c(C)c2cc(C(=O)OC)n(C)c12. The summed E-state index contributed by atoms with van der Waals surface area (Å²) in [5, 5.41) is 10.5. The summed E-state index contributed by atoms with van der Waals surface area (Å²) in [4.78, 5) is 11.9. The van der Waals surface area contributed by atoms with Crippen molar-refractivity contribution < 1.29 is 19.4 Å². The van der Waals surface area contributed by atoms with Crippen LogP contribution < -0.4 is 4.74 Å². The minimum atomic E-state index is -0.418. The molecule has 0 saturated carbocycles. The fourth-order valence-electron chi connectivity index (χ4n) is 2.74. The van der Waals surface area contributed by atoms with Crippen LogP contribution >= 0.6 is 0 Å². The lowest BCUT2D eigenvalue weighted by Gasteiger charge is -2.15. The highest BCUT2D eigenvalue weighted by Gasteiger charge is 2.23. The van der Waals surface area contributed by atoms with Crippen LogP contribution in [0.15, 0.2) is 6.07 Å². The van der Waals surface area contributed by atoms with E-state index in [0.29, 0.717) is 22.6 Å². The Morgan fingerprint density at radius 2 is 2.09 bits per heavy atom. The minimum Gasteiger partial charge on any atom is -0.495 e. The maximum absolute atomic E-state index is 11.9. The second-order valence-electron chi connectivity index (χ2n) is 4.89. The number of rotatable bonds is 3. The van der Waals surface area contributed by atoms with Crippen LogP contribution in [0.1, 0.15) is 34.1 Å². The number of nitrogens with zero attached hydrogens (tertiary/aromatic N) is 1. The minimum absolute atomic E-state index is 0.161. The third kappa shape index (κ3) is 2.22. The Kier molecular flexibility index (Phi) is 4.43. The Labute approximate surface area is 129 Å². The molecular weight excluding hydrogens is 282 g/mol. The molecule has 2 rings (SSSR count). The van der Waals surface area contributed by atoms with Crippen LogP contribution in [0.2, 0.25) is 0 Å². The van der Waals surface area contributed by atoms with Crippen LogP contribution in [0.5, 0.6) is 5.75 Å². The zero-order valence-electron chi connectivity index (χ0n) is 13.4. The van der Waals surface area contributed by atoms with Crippen molar-refractivity contribution in [3.05, 3.63) is 28.5 Å². The third-order valence-corrected chi connectivity index (χ3v) is 3.83. The summed E-state index contributed by atoms with van der Waals surface area (Å²) in [6.45, 7) is 3.46. The van der Waals surface area contributed by atoms with Crippen molar-refractivity contribution in [3.8, 4) is 17.6 Å². The van der Waals surface area contributed by atoms with Gasteiger partial charge in [-0.05, 0) is 25.5 Å². The van der Waals surface area contributed by atoms with Crippen molar-refractivity contribution in [1.29, 1.82) is 0 Å². The molecule has 0 radical (unpaired) electrons. The van der Waals surface area contributed by atoms with Crippen molar-refractivity contribution in [2.45, 2.75) is 20.5 Å². The van der Waals surface area contributed by atoms with Crippen LogP contribution in [0.3, 0.4) is 0 Å². The topological polar surface area (TPSA) is 60.7 Å². The monoisotopic (exact) mass is 301 g/mol.